The fourth-order valence-corrected chi connectivity index (χ4v) is 2.19. The molecule has 0 aliphatic rings. The van der Waals surface area contributed by atoms with E-state index < -0.39 is 0 Å². The molecule has 0 aliphatic carbocycles. The highest BCUT2D eigenvalue weighted by Crippen LogP contribution is 2.21. The second-order valence-corrected chi connectivity index (χ2v) is 4.36. The minimum atomic E-state index is 0.395. The number of rotatable bonds is 5. The highest BCUT2D eigenvalue weighted by molar-refractivity contribution is 7.07. The molecule has 0 saturated carbocycles. The van der Waals surface area contributed by atoms with Gasteiger partial charge in [-0.05, 0) is 18.6 Å². The van der Waals surface area contributed by atoms with E-state index in [2.05, 4.69) is 17.3 Å². The molecule has 16 heavy (non-hydrogen) atoms. The van der Waals surface area contributed by atoms with Crippen molar-refractivity contribution in [2.45, 2.75) is 19.3 Å². The van der Waals surface area contributed by atoms with Gasteiger partial charge in [0.25, 0.3) is 0 Å². The van der Waals surface area contributed by atoms with Gasteiger partial charge in [-0.25, -0.2) is 4.98 Å². The number of aromatic nitrogens is 1. The van der Waals surface area contributed by atoms with Crippen LogP contribution in [0.4, 0.5) is 0 Å². The van der Waals surface area contributed by atoms with Crippen molar-refractivity contribution in [1.29, 1.82) is 0 Å². The molecule has 0 radical (unpaired) electrons. The van der Waals surface area contributed by atoms with Crippen LogP contribution in [0.25, 0.3) is 0 Å². The molecular weight excluding hydrogens is 218 g/mol. The third kappa shape index (κ3) is 2.83. The first-order valence-electron chi connectivity index (χ1n) is 5.46. The van der Waals surface area contributed by atoms with Crippen LogP contribution in [-0.4, -0.2) is 11.6 Å². The van der Waals surface area contributed by atoms with Gasteiger partial charge in [-0.15, -0.1) is 11.3 Å². The third-order valence-corrected chi connectivity index (χ3v) is 3.16. The Morgan fingerprint density at radius 1 is 1.31 bits per heavy atom. The van der Waals surface area contributed by atoms with E-state index in [1.54, 1.807) is 11.3 Å². The van der Waals surface area contributed by atoms with Crippen molar-refractivity contribution < 1.29 is 4.74 Å². The lowest BCUT2D eigenvalue weighted by atomic mass is 10.1. The van der Waals surface area contributed by atoms with Gasteiger partial charge in [0, 0.05) is 11.3 Å². The fourth-order valence-electron chi connectivity index (χ4n) is 1.55. The van der Waals surface area contributed by atoms with Gasteiger partial charge in [0.1, 0.15) is 5.75 Å². The van der Waals surface area contributed by atoms with E-state index in [4.69, 9.17) is 4.74 Å². The van der Waals surface area contributed by atoms with E-state index in [0.717, 1.165) is 17.9 Å². The van der Waals surface area contributed by atoms with Crippen LogP contribution in [-0.2, 0) is 0 Å². The van der Waals surface area contributed by atoms with Crippen molar-refractivity contribution in [1.82, 2.24) is 4.98 Å². The van der Waals surface area contributed by atoms with Crippen LogP contribution in [0.3, 0.4) is 0 Å². The molecule has 2 nitrogen and oxygen atoms in total. The van der Waals surface area contributed by atoms with Gasteiger partial charge in [-0.3, -0.25) is 0 Å². The molecule has 1 aromatic heterocycles. The quantitative estimate of drug-likeness (QED) is 0.785. The summed E-state index contributed by atoms with van der Waals surface area (Å²) in [6, 6.07) is 9.92. The highest BCUT2D eigenvalue weighted by Gasteiger charge is 2.11. The SMILES string of the molecule is CCC(COc1ccccc1)c1cscn1. The minimum absolute atomic E-state index is 0.395. The van der Waals surface area contributed by atoms with E-state index in [1.165, 1.54) is 0 Å². The van der Waals surface area contributed by atoms with Crippen molar-refractivity contribution >= 4 is 11.3 Å². The summed E-state index contributed by atoms with van der Waals surface area (Å²) in [5.74, 6) is 1.32. The summed E-state index contributed by atoms with van der Waals surface area (Å²) in [5, 5.41) is 2.10. The van der Waals surface area contributed by atoms with Gasteiger partial charge in [-0.2, -0.15) is 0 Å². The summed E-state index contributed by atoms with van der Waals surface area (Å²) in [5.41, 5.74) is 3.02. The summed E-state index contributed by atoms with van der Waals surface area (Å²) in [4.78, 5) is 4.34. The molecule has 3 heteroatoms. The van der Waals surface area contributed by atoms with Crippen LogP contribution in [0.15, 0.2) is 41.2 Å². The Labute approximate surface area is 99.9 Å². The maximum Gasteiger partial charge on any atom is 0.119 e. The molecule has 1 atom stereocenters. The second-order valence-electron chi connectivity index (χ2n) is 3.64. The Balaban J connectivity index is 1.94. The number of benzene rings is 1. The standard InChI is InChI=1S/C13H15NOS/c1-2-11(13-9-16-10-14-13)8-15-12-6-4-3-5-7-12/h3-7,9-11H,2,8H2,1H3. The number of hydrogen-bond donors (Lipinski definition) is 0. The number of ether oxygens (including phenoxy) is 1. The molecule has 1 unspecified atom stereocenters. The molecule has 2 rings (SSSR count). The van der Waals surface area contributed by atoms with E-state index in [1.807, 2.05) is 35.8 Å². The number of hydrogen-bond acceptors (Lipinski definition) is 3. The Morgan fingerprint density at radius 3 is 2.75 bits per heavy atom. The van der Waals surface area contributed by atoms with E-state index in [0.29, 0.717) is 12.5 Å². The molecule has 0 fully saturated rings. The molecule has 0 bridgehead atoms. The van der Waals surface area contributed by atoms with Gasteiger partial charge in [0.2, 0.25) is 0 Å². The maximum atomic E-state index is 5.75. The van der Waals surface area contributed by atoms with Crippen LogP contribution < -0.4 is 4.74 Å². The lowest BCUT2D eigenvalue weighted by Gasteiger charge is -2.13. The van der Waals surface area contributed by atoms with Gasteiger partial charge in [0.15, 0.2) is 0 Å². The zero-order chi connectivity index (χ0) is 11.2. The molecule has 0 amide bonds. The number of para-hydroxylation sites is 1. The average Bonchev–Trinajstić information content (AvgIpc) is 2.85. The van der Waals surface area contributed by atoms with Crippen molar-refractivity contribution in [2.24, 2.45) is 0 Å². The second kappa shape index (κ2) is 5.66. The van der Waals surface area contributed by atoms with Crippen LogP contribution >= 0.6 is 11.3 Å². The Kier molecular flexibility index (Phi) is 3.94. The van der Waals surface area contributed by atoms with Gasteiger partial charge >= 0.3 is 0 Å². The zero-order valence-electron chi connectivity index (χ0n) is 9.30. The highest BCUT2D eigenvalue weighted by atomic mass is 32.1. The van der Waals surface area contributed by atoms with Crippen LogP contribution in [0.1, 0.15) is 25.0 Å². The summed E-state index contributed by atoms with van der Waals surface area (Å²) in [7, 11) is 0. The summed E-state index contributed by atoms with van der Waals surface area (Å²) in [6.45, 7) is 2.86. The first-order valence-corrected chi connectivity index (χ1v) is 6.40. The zero-order valence-corrected chi connectivity index (χ0v) is 10.1. The molecule has 84 valence electrons. The van der Waals surface area contributed by atoms with Gasteiger partial charge in [-0.1, -0.05) is 25.1 Å². The van der Waals surface area contributed by atoms with Crippen molar-refractivity contribution in [2.75, 3.05) is 6.61 Å². The lowest BCUT2D eigenvalue weighted by molar-refractivity contribution is 0.283. The Bertz CT molecular complexity index is 399. The summed E-state index contributed by atoms with van der Waals surface area (Å²) in [6.07, 6.45) is 1.05. The third-order valence-electron chi connectivity index (χ3n) is 2.56. The average molecular weight is 233 g/mol. The van der Waals surface area contributed by atoms with Gasteiger partial charge < -0.3 is 4.74 Å². The van der Waals surface area contributed by atoms with Gasteiger partial charge in [0.05, 0.1) is 17.8 Å². The molecule has 2 aromatic rings. The Morgan fingerprint density at radius 2 is 2.12 bits per heavy atom. The first kappa shape index (κ1) is 11.1. The maximum absolute atomic E-state index is 5.75. The summed E-state index contributed by atoms with van der Waals surface area (Å²) < 4.78 is 5.75. The predicted molar refractivity (Wildman–Crippen MR) is 67.1 cm³/mol. The molecule has 1 heterocycles. The molecule has 1 aromatic carbocycles. The van der Waals surface area contributed by atoms with Crippen LogP contribution in [0.2, 0.25) is 0 Å². The lowest BCUT2D eigenvalue weighted by Crippen LogP contribution is -2.09. The normalized spacial score (nSPS) is 12.3. The Hall–Kier alpha value is -1.35. The molecular formula is C13H15NOS. The number of thiazole rings is 1. The fraction of sp³-hybridized carbons (Fsp3) is 0.308. The molecule has 0 aliphatic heterocycles. The first-order chi connectivity index (χ1) is 7.90. The molecule has 0 N–H and O–H groups in total. The van der Waals surface area contributed by atoms with E-state index >= 15 is 0 Å². The van der Waals surface area contributed by atoms with E-state index in [9.17, 15) is 0 Å². The van der Waals surface area contributed by atoms with E-state index in [-0.39, 0.29) is 0 Å². The predicted octanol–water partition coefficient (Wildman–Crippen LogP) is 3.72. The molecule has 0 spiro atoms. The topological polar surface area (TPSA) is 22.1 Å². The number of nitrogens with zero attached hydrogens (tertiary/aromatic N) is 1. The van der Waals surface area contributed by atoms with Crippen LogP contribution in [0, 0.1) is 0 Å². The largest absolute Gasteiger partial charge is 0.493 e. The smallest absolute Gasteiger partial charge is 0.119 e. The minimum Gasteiger partial charge on any atom is -0.493 e. The van der Waals surface area contributed by atoms with Crippen molar-refractivity contribution in [3.63, 3.8) is 0 Å². The van der Waals surface area contributed by atoms with Crippen molar-refractivity contribution in [3.8, 4) is 5.75 Å². The van der Waals surface area contributed by atoms with Crippen molar-refractivity contribution in [3.05, 3.63) is 46.9 Å². The summed E-state index contributed by atoms with van der Waals surface area (Å²) >= 11 is 1.64. The monoisotopic (exact) mass is 233 g/mol. The van der Waals surface area contributed by atoms with Crippen LogP contribution in [0.5, 0.6) is 5.75 Å². The molecule has 0 saturated heterocycles.